The molecule has 3 rings (SSSR count). The zero-order valence-electron chi connectivity index (χ0n) is 12.0. The van der Waals surface area contributed by atoms with Crippen LogP contribution in [0.15, 0.2) is 24.3 Å². The molecule has 0 saturated heterocycles. The second-order valence-electron chi connectivity index (χ2n) is 5.44. The number of carbonyl (C=O) groups excluding carboxylic acids is 1. The first-order valence-corrected chi connectivity index (χ1v) is 7.19. The van der Waals surface area contributed by atoms with Crippen molar-refractivity contribution < 1.29 is 4.79 Å². The number of amides is 1. The molecule has 1 aliphatic carbocycles. The van der Waals surface area contributed by atoms with Crippen LogP contribution >= 0.6 is 0 Å². The van der Waals surface area contributed by atoms with E-state index in [0.717, 1.165) is 24.4 Å². The fourth-order valence-electron chi connectivity index (χ4n) is 2.00. The molecule has 0 aliphatic heterocycles. The second kappa shape index (κ2) is 5.95. The monoisotopic (exact) mass is 285 g/mol. The molecule has 0 bridgehead atoms. The molecular formula is C15H19N5O. The van der Waals surface area contributed by atoms with Crippen LogP contribution in [-0.2, 0) is 17.8 Å². The van der Waals surface area contributed by atoms with Crippen molar-refractivity contribution in [2.24, 2.45) is 0 Å². The largest absolute Gasteiger partial charge is 0.378 e. The summed E-state index contributed by atoms with van der Waals surface area (Å²) in [5, 5.41) is 13.1. The number of rotatable bonds is 6. The second-order valence-corrected chi connectivity index (χ2v) is 5.44. The van der Waals surface area contributed by atoms with Gasteiger partial charge in [-0.25, -0.2) is 4.98 Å². The van der Waals surface area contributed by atoms with Gasteiger partial charge in [-0.1, -0.05) is 17.7 Å². The van der Waals surface area contributed by atoms with Gasteiger partial charge in [-0.3, -0.25) is 9.89 Å². The summed E-state index contributed by atoms with van der Waals surface area (Å²) in [5.41, 5.74) is 2.26. The Morgan fingerprint density at radius 1 is 1.33 bits per heavy atom. The zero-order chi connectivity index (χ0) is 14.7. The van der Waals surface area contributed by atoms with E-state index in [9.17, 15) is 4.79 Å². The highest BCUT2D eigenvalue weighted by atomic mass is 16.1. The predicted molar refractivity (Wildman–Crippen MR) is 79.8 cm³/mol. The fourth-order valence-corrected chi connectivity index (χ4v) is 2.00. The molecular weight excluding hydrogens is 266 g/mol. The molecule has 6 nitrogen and oxygen atoms in total. The first-order chi connectivity index (χ1) is 10.2. The molecule has 1 amide bonds. The van der Waals surface area contributed by atoms with Crippen LogP contribution in [0.3, 0.4) is 0 Å². The van der Waals surface area contributed by atoms with E-state index < -0.39 is 0 Å². The van der Waals surface area contributed by atoms with E-state index >= 15 is 0 Å². The summed E-state index contributed by atoms with van der Waals surface area (Å²) in [6.45, 7) is 2.61. The van der Waals surface area contributed by atoms with Crippen molar-refractivity contribution in [3.8, 4) is 0 Å². The van der Waals surface area contributed by atoms with Crippen LogP contribution in [0.5, 0.6) is 0 Å². The lowest BCUT2D eigenvalue weighted by atomic mass is 10.2. The van der Waals surface area contributed by atoms with Crippen molar-refractivity contribution in [1.29, 1.82) is 0 Å². The van der Waals surface area contributed by atoms with Crippen LogP contribution in [0.1, 0.15) is 30.1 Å². The molecule has 6 heteroatoms. The van der Waals surface area contributed by atoms with E-state index in [1.807, 2.05) is 12.1 Å². The standard InChI is InChI=1S/C15H19N5O/c1-10-2-4-11(5-3-10)16-9-14-18-13(19-20-14)8-15(21)17-12-6-7-12/h2-5,12,16H,6-9H2,1H3,(H,17,21)(H,18,19,20). The number of aromatic nitrogens is 3. The third kappa shape index (κ3) is 4.05. The van der Waals surface area contributed by atoms with E-state index in [-0.39, 0.29) is 12.3 Å². The lowest BCUT2D eigenvalue weighted by Gasteiger charge is -2.03. The number of hydrogen-bond donors (Lipinski definition) is 3. The summed E-state index contributed by atoms with van der Waals surface area (Å²) in [6, 6.07) is 8.53. The summed E-state index contributed by atoms with van der Waals surface area (Å²) in [7, 11) is 0. The third-order valence-corrected chi connectivity index (χ3v) is 3.35. The average molecular weight is 285 g/mol. The van der Waals surface area contributed by atoms with Crippen molar-refractivity contribution in [2.45, 2.75) is 38.8 Å². The number of H-pyrrole nitrogens is 1. The van der Waals surface area contributed by atoms with Crippen molar-refractivity contribution in [3.63, 3.8) is 0 Å². The van der Waals surface area contributed by atoms with Gasteiger partial charge in [0, 0.05) is 11.7 Å². The lowest BCUT2D eigenvalue weighted by Crippen LogP contribution is -2.27. The van der Waals surface area contributed by atoms with Crippen LogP contribution in [0, 0.1) is 6.92 Å². The van der Waals surface area contributed by atoms with Crippen LogP contribution in [0.2, 0.25) is 0 Å². The van der Waals surface area contributed by atoms with E-state index in [4.69, 9.17) is 0 Å². The first kappa shape index (κ1) is 13.6. The molecule has 0 radical (unpaired) electrons. The molecule has 1 heterocycles. The van der Waals surface area contributed by atoms with Gasteiger partial charge >= 0.3 is 0 Å². The maximum absolute atomic E-state index is 11.7. The predicted octanol–water partition coefficient (Wildman–Crippen LogP) is 1.55. The van der Waals surface area contributed by atoms with Crippen molar-refractivity contribution in [3.05, 3.63) is 41.5 Å². The van der Waals surface area contributed by atoms with Gasteiger partial charge in [0.05, 0.1) is 13.0 Å². The van der Waals surface area contributed by atoms with Crippen molar-refractivity contribution >= 4 is 11.6 Å². The molecule has 1 aromatic carbocycles. The Bertz CT molecular complexity index is 615. The topological polar surface area (TPSA) is 82.7 Å². The van der Waals surface area contributed by atoms with Gasteiger partial charge in [-0.15, -0.1) is 0 Å². The van der Waals surface area contributed by atoms with Gasteiger partial charge in [-0.05, 0) is 31.9 Å². The molecule has 3 N–H and O–H groups in total. The highest BCUT2D eigenvalue weighted by Crippen LogP contribution is 2.18. The van der Waals surface area contributed by atoms with Crippen LogP contribution in [0.25, 0.3) is 0 Å². The molecule has 1 aliphatic rings. The number of anilines is 1. The van der Waals surface area contributed by atoms with E-state index in [1.54, 1.807) is 0 Å². The molecule has 0 unspecified atom stereocenters. The van der Waals surface area contributed by atoms with Crippen LogP contribution in [-0.4, -0.2) is 27.1 Å². The van der Waals surface area contributed by atoms with Gasteiger partial charge in [0.15, 0.2) is 5.82 Å². The van der Waals surface area contributed by atoms with Crippen molar-refractivity contribution in [1.82, 2.24) is 20.5 Å². The molecule has 0 atom stereocenters. The third-order valence-electron chi connectivity index (χ3n) is 3.35. The van der Waals surface area contributed by atoms with E-state index in [1.165, 1.54) is 5.56 Å². The Morgan fingerprint density at radius 2 is 2.10 bits per heavy atom. The van der Waals surface area contributed by atoms with Crippen LogP contribution in [0.4, 0.5) is 5.69 Å². The highest BCUT2D eigenvalue weighted by molar-refractivity contribution is 5.78. The van der Waals surface area contributed by atoms with E-state index in [2.05, 4.69) is 44.9 Å². The number of aromatic amines is 1. The maximum Gasteiger partial charge on any atom is 0.227 e. The van der Waals surface area contributed by atoms with Gasteiger partial charge < -0.3 is 10.6 Å². The average Bonchev–Trinajstić information content (AvgIpc) is 3.16. The van der Waals surface area contributed by atoms with E-state index in [0.29, 0.717) is 18.4 Å². The van der Waals surface area contributed by atoms with Gasteiger partial charge in [0.25, 0.3) is 0 Å². The molecule has 1 aromatic heterocycles. The molecule has 21 heavy (non-hydrogen) atoms. The number of hydrogen-bond acceptors (Lipinski definition) is 4. The summed E-state index contributed by atoms with van der Waals surface area (Å²) in [5.74, 6) is 1.26. The summed E-state index contributed by atoms with van der Waals surface area (Å²) >= 11 is 0. The Kier molecular flexibility index (Phi) is 3.85. The van der Waals surface area contributed by atoms with Gasteiger partial charge in [0.1, 0.15) is 5.82 Å². The Morgan fingerprint density at radius 3 is 2.81 bits per heavy atom. The highest BCUT2D eigenvalue weighted by Gasteiger charge is 2.23. The SMILES string of the molecule is Cc1ccc(NCc2nc(CC(=O)NC3CC3)n[nH]2)cc1. The minimum atomic E-state index is -0.00505. The van der Waals surface area contributed by atoms with Gasteiger partial charge in [-0.2, -0.15) is 5.10 Å². The fraction of sp³-hybridized carbons (Fsp3) is 0.400. The Hall–Kier alpha value is -2.37. The Balaban J connectivity index is 1.49. The van der Waals surface area contributed by atoms with Crippen molar-refractivity contribution in [2.75, 3.05) is 5.32 Å². The minimum absolute atomic E-state index is 0.00505. The van der Waals surface area contributed by atoms with Gasteiger partial charge in [0.2, 0.25) is 5.91 Å². The first-order valence-electron chi connectivity index (χ1n) is 7.19. The normalized spacial score (nSPS) is 14.0. The number of benzene rings is 1. The number of nitrogens with zero attached hydrogens (tertiary/aromatic N) is 2. The lowest BCUT2D eigenvalue weighted by molar-refractivity contribution is -0.120. The maximum atomic E-state index is 11.7. The quantitative estimate of drug-likeness (QED) is 0.752. The minimum Gasteiger partial charge on any atom is -0.378 e. The zero-order valence-corrected chi connectivity index (χ0v) is 12.0. The number of carbonyl (C=O) groups is 1. The molecule has 110 valence electrons. The summed E-state index contributed by atoms with van der Waals surface area (Å²) < 4.78 is 0. The Labute approximate surface area is 123 Å². The number of aryl methyl sites for hydroxylation is 1. The molecule has 1 fully saturated rings. The van der Waals surface area contributed by atoms with Crippen LogP contribution < -0.4 is 10.6 Å². The smallest absolute Gasteiger partial charge is 0.227 e. The molecule has 1 saturated carbocycles. The summed E-state index contributed by atoms with van der Waals surface area (Å²) in [4.78, 5) is 16.0. The number of nitrogens with one attached hydrogen (secondary N) is 3. The summed E-state index contributed by atoms with van der Waals surface area (Å²) in [6.07, 6.45) is 2.41. The molecule has 0 spiro atoms. The molecule has 2 aromatic rings.